The highest BCUT2D eigenvalue weighted by Gasteiger charge is 2.29. The number of hydrogen-bond donors (Lipinski definition) is 0. The minimum Gasteiger partial charge on any atom is -0.309 e. The summed E-state index contributed by atoms with van der Waals surface area (Å²) in [5.41, 5.74) is 13.7. The molecule has 0 spiro atoms. The lowest BCUT2D eigenvalue weighted by atomic mass is 9.84. The van der Waals surface area contributed by atoms with E-state index in [1.807, 2.05) is 0 Å². The Morgan fingerprint density at radius 2 is 0.726 bits per heavy atom. The highest BCUT2D eigenvalue weighted by atomic mass is 32.1. The lowest BCUT2D eigenvalue weighted by Gasteiger charge is -2.35. The molecule has 0 aliphatic rings. The van der Waals surface area contributed by atoms with Crippen LogP contribution >= 0.6 is 22.7 Å². The summed E-state index contributed by atoms with van der Waals surface area (Å²) in [5.74, 6) is 1.85. The maximum Gasteiger partial charge on any atom is 0.164 e. The van der Waals surface area contributed by atoms with Crippen molar-refractivity contribution in [2.75, 3.05) is 4.90 Å². The number of thiophene rings is 2. The minimum absolute atomic E-state index is 0.173. The van der Waals surface area contributed by atoms with E-state index in [2.05, 4.69) is 262 Å². The Morgan fingerprint density at radius 1 is 0.329 bits per heavy atom. The lowest BCUT2D eigenvalue weighted by Crippen LogP contribution is -2.20. The molecule has 10 aromatic carbocycles. The molecule has 0 N–H and O–H groups in total. The van der Waals surface area contributed by atoms with Gasteiger partial charge in [-0.25, -0.2) is 15.0 Å². The average molecular weight is 973 g/mol. The van der Waals surface area contributed by atoms with Crippen LogP contribution in [0.3, 0.4) is 0 Å². The normalized spacial score (nSPS) is 11.8. The molecule has 0 amide bonds. The van der Waals surface area contributed by atoms with Crippen molar-refractivity contribution in [3.63, 3.8) is 0 Å². The van der Waals surface area contributed by atoms with Crippen molar-refractivity contribution in [3.05, 3.63) is 242 Å². The lowest BCUT2D eigenvalue weighted by molar-refractivity contribution is 0.591. The molecule has 4 nitrogen and oxygen atoms in total. The van der Waals surface area contributed by atoms with Gasteiger partial charge < -0.3 is 4.90 Å². The molecule has 0 saturated carbocycles. The SMILES string of the molecule is CC(C)(C)c1ccccc1N(c1ccc(-c2ccccc2)cc1)c1c(-c2ccccc2)cc(-c2nc(-c3ccc4c(c3)sc3ccccc34)nc(-c3ccc4c(c3)sc3ccccc34)n2)cc1-c1ccccc1. The van der Waals surface area contributed by atoms with Crippen LogP contribution in [0.2, 0.25) is 0 Å². The van der Waals surface area contributed by atoms with Crippen molar-refractivity contribution in [2.45, 2.75) is 26.2 Å². The fourth-order valence-corrected chi connectivity index (χ4v) is 12.6. The molecular weight excluding hydrogens is 925 g/mol. The molecule has 0 bridgehead atoms. The van der Waals surface area contributed by atoms with Gasteiger partial charge in [0.1, 0.15) is 0 Å². The Kier molecular flexibility index (Phi) is 11.1. The van der Waals surface area contributed by atoms with Crippen molar-refractivity contribution in [1.29, 1.82) is 0 Å². The van der Waals surface area contributed by atoms with Gasteiger partial charge in [0.25, 0.3) is 0 Å². The topological polar surface area (TPSA) is 41.9 Å². The maximum atomic E-state index is 5.47. The van der Waals surface area contributed by atoms with Crippen molar-refractivity contribution in [1.82, 2.24) is 15.0 Å². The van der Waals surface area contributed by atoms with Crippen LogP contribution in [-0.4, -0.2) is 15.0 Å². The average Bonchev–Trinajstić information content (AvgIpc) is 4.01. The smallest absolute Gasteiger partial charge is 0.164 e. The maximum absolute atomic E-state index is 5.47. The number of aromatic nitrogens is 3. The van der Waals surface area contributed by atoms with E-state index < -0.39 is 0 Å². The fourth-order valence-electron chi connectivity index (χ4n) is 10.3. The monoisotopic (exact) mass is 972 g/mol. The quantitative estimate of drug-likeness (QED) is 0.145. The van der Waals surface area contributed by atoms with Crippen LogP contribution in [0.15, 0.2) is 237 Å². The van der Waals surface area contributed by atoms with Crippen LogP contribution in [0.25, 0.3) is 108 Å². The van der Waals surface area contributed by atoms with E-state index in [4.69, 9.17) is 15.0 Å². The van der Waals surface area contributed by atoms with Gasteiger partial charge >= 0.3 is 0 Å². The zero-order valence-corrected chi connectivity index (χ0v) is 42.3. The second-order valence-electron chi connectivity index (χ2n) is 19.6. The zero-order chi connectivity index (χ0) is 49.0. The Bertz CT molecular complexity index is 3980. The van der Waals surface area contributed by atoms with E-state index in [0.29, 0.717) is 17.5 Å². The van der Waals surface area contributed by atoms with Crippen molar-refractivity contribution < 1.29 is 0 Å². The molecule has 3 aromatic heterocycles. The van der Waals surface area contributed by atoms with Crippen LogP contribution in [-0.2, 0) is 5.41 Å². The summed E-state index contributed by atoms with van der Waals surface area (Å²) in [6.07, 6.45) is 0. The predicted octanol–water partition coefficient (Wildman–Crippen LogP) is 19.4. The van der Waals surface area contributed by atoms with E-state index in [0.717, 1.165) is 61.6 Å². The van der Waals surface area contributed by atoms with E-state index in [1.165, 1.54) is 51.5 Å². The molecular formula is C67H48N4S2. The van der Waals surface area contributed by atoms with Crippen LogP contribution in [0.1, 0.15) is 26.3 Å². The molecule has 348 valence electrons. The highest BCUT2D eigenvalue weighted by Crippen LogP contribution is 2.51. The number of rotatable bonds is 9. The first-order valence-corrected chi connectivity index (χ1v) is 26.4. The third kappa shape index (κ3) is 8.25. The molecule has 0 aliphatic heterocycles. The zero-order valence-electron chi connectivity index (χ0n) is 40.6. The summed E-state index contributed by atoms with van der Waals surface area (Å²) in [5, 5.41) is 4.99. The summed E-state index contributed by atoms with van der Waals surface area (Å²) >= 11 is 3.60. The van der Waals surface area contributed by atoms with Crippen molar-refractivity contribution >= 4 is 80.1 Å². The number of fused-ring (bicyclic) bond motifs is 6. The summed E-state index contributed by atoms with van der Waals surface area (Å²) < 4.78 is 4.92. The summed E-state index contributed by atoms with van der Waals surface area (Å²) in [6, 6.07) is 85.2. The van der Waals surface area contributed by atoms with E-state index in [-0.39, 0.29) is 5.41 Å². The Balaban J connectivity index is 1.08. The predicted molar refractivity (Wildman–Crippen MR) is 312 cm³/mol. The minimum atomic E-state index is -0.173. The summed E-state index contributed by atoms with van der Waals surface area (Å²) in [4.78, 5) is 18.8. The number of hydrogen-bond acceptors (Lipinski definition) is 6. The highest BCUT2D eigenvalue weighted by molar-refractivity contribution is 7.26. The van der Waals surface area contributed by atoms with Crippen molar-refractivity contribution in [3.8, 4) is 67.5 Å². The van der Waals surface area contributed by atoms with Gasteiger partial charge in [0.05, 0.1) is 5.69 Å². The molecule has 0 radical (unpaired) electrons. The van der Waals surface area contributed by atoms with E-state index >= 15 is 0 Å². The largest absolute Gasteiger partial charge is 0.309 e. The third-order valence-corrected chi connectivity index (χ3v) is 16.1. The number of para-hydroxylation sites is 1. The Hall–Kier alpha value is -8.55. The first-order valence-electron chi connectivity index (χ1n) is 24.7. The summed E-state index contributed by atoms with van der Waals surface area (Å²) in [6.45, 7) is 6.90. The van der Waals surface area contributed by atoms with Crippen LogP contribution in [0.5, 0.6) is 0 Å². The Labute approximate surface area is 433 Å². The molecule has 0 unspecified atom stereocenters. The van der Waals surface area contributed by atoms with E-state index in [9.17, 15) is 0 Å². The fraction of sp³-hybridized carbons (Fsp3) is 0.0597. The molecule has 0 saturated heterocycles. The number of nitrogens with zero attached hydrogens (tertiary/aromatic N) is 4. The van der Waals surface area contributed by atoms with Crippen LogP contribution in [0.4, 0.5) is 17.1 Å². The first kappa shape index (κ1) is 44.4. The molecule has 3 heterocycles. The molecule has 13 aromatic rings. The van der Waals surface area contributed by atoms with Gasteiger partial charge in [0.15, 0.2) is 17.5 Å². The second-order valence-corrected chi connectivity index (χ2v) is 21.8. The third-order valence-electron chi connectivity index (χ3n) is 13.9. The van der Waals surface area contributed by atoms with Gasteiger partial charge in [0.2, 0.25) is 0 Å². The van der Waals surface area contributed by atoms with Gasteiger partial charge in [-0.2, -0.15) is 0 Å². The summed E-state index contributed by atoms with van der Waals surface area (Å²) in [7, 11) is 0. The molecule has 6 heteroatoms. The second kappa shape index (κ2) is 18.2. The molecule has 73 heavy (non-hydrogen) atoms. The van der Waals surface area contributed by atoms with E-state index in [1.54, 1.807) is 22.7 Å². The molecule has 0 fully saturated rings. The first-order chi connectivity index (χ1) is 35.8. The van der Waals surface area contributed by atoms with Crippen LogP contribution < -0.4 is 4.90 Å². The Morgan fingerprint density at radius 3 is 1.23 bits per heavy atom. The van der Waals surface area contributed by atoms with Crippen LogP contribution in [0, 0.1) is 0 Å². The van der Waals surface area contributed by atoms with Gasteiger partial charge in [-0.1, -0.05) is 203 Å². The van der Waals surface area contributed by atoms with Gasteiger partial charge in [-0.15, -0.1) is 22.7 Å². The standard InChI is InChI=1S/C67H48N4S2/c1-67(2,3)57-27-15-16-28-58(57)71(50-35-31-44(32-36-50)43-19-7-4-8-20-43)63-55(45-21-9-5-10-22-45)39-49(40-56(63)46-23-11-6-12-24-46)66-69-64(47-33-37-53-51-25-13-17-29-59(51)72-61(53)41-47)68-65(70-66)48-34-38-54-52-26-14-18-30-60(52)73-62(54)42-48/h4-42H,1-3H3. The van der Waals surface area contributed by atoms with Crippen molar-refractivity contribution in [2.24, 2.45) is 0 Å². The molecule has 13 rings (SSSR count). The number of anilines is 3. The van der Waals surface area contributed by atoms with Gasteiger partial charge in [-0.05, 0) is 87.8 Å². The number of benzene rings is 10. The molecule has 0 aliphatic carbocycles. The van der Waals surface area contributed by atoms with Gasteiger partial charge in [0, 0.05) is 79.5 Å². The van der Waals surface area contributed by atoms with Gasteiger partial charge in [-0.3, -0.25) is 0 Å². The molecule has 0 atom stereocenters.